The van der Waals surface area contributed by atoms with Gasteiger partial charge in [0, 0.05) is 12.1 Å². The summed E-state index contributed by atoms with van der Waals surface area (Å²) in [5.74, 6) is 4.15. The second-order valence-electron chi connectivity index (χ2n) is 11.4. The lowest BCUT2D eigenvalue weighted by molar-refractivity contribution is -0.133. The first-order valence-electron chi connectivity index (χ1n) is 12.0. The summed E-state index contributed by atoms with van der Waals surface area (Å²) in [7, 11) is 0. The third-order valence-corrected chi connectivity index (χ3v) is 9.71. The fraction of sp³-hybridized carbons (Fsp3) is 0.800. The minimum absolute atomic E-state index is 0.121. The zero-order chi connectivity index (χ0) is 21.1. The molecule has 4 aliphatic carbocycles. The topological polar surface area (TPSA) is 78.9 Å². The summed E-state index contributed by atoms with van der Waals surface area (Å²) >= 11 is 0. The third kappa shape index (κ3) is 3.23. The quantitative estimate of drug-likeness (QED) is 0.805. The second kappa shape index (κ2) is 7.19. The second-order valence-corrected chi connectivity index (χ2v) is 11.4. The molecule has 8 atom stereocenters. The van der Waals surface area contributed by atoms with Gasteiger partial charge in [-0.05, 0) is 99.7 Å². The molecule has 4 aliphatic rings. The average molecular weight is 410 g/mol. The van der Waals surface area contributed by atoms with Crippen molar-refractivity contribution >= 4 is 5.78 Å². The number of carbonyl (C=O) groups excluding carboxylic acids is 1. The van der Waals surface area contributed by atoms with Crippen LogP contribution in [0, 0.1) is 52.3 Å². The molecule has 6 unspecified atom stereocenters. The number of ketones is 1. The van der Waals surface area contributed by atoms with E-state index in [1.165, 1.54) is 38.3 Å². The Morgan fingerprint density at radius 3 is 2.73 bits per heavy atom. The van der Waals surface area contributed by atoms with Crippen LogP contribution < -0.4 is 0 Å². The number of hydrogen-bond donors (Lipinski definition) is 1. The Bertz CT molecular complexity index is 868. The van der Waals surface area contributed by atoms with E-state index >= 15 is 0 Å². The van der Waals surface area contributed by atoms with Crippen molar-refractivity contribution in [1.29, 1.82) is 5.26 Å². The van der Waals surface area contributed by atoms with Gasteiger partial charge in [-0.1, -0.05) is 6.92 Å². The van der Waals surface area contributed by atoms with E-state index in [9.17, 15) is 9.90 Å². The molecule has 1 heterocycles. The van der Waals surface area contributed by atoms with E-state index in [2.05, 4.69) is 18.1 Å². The smallest absolute Gasteiger partial charge is 0.157 e. The van der Waals surface area contributed by atoms with Crippen molar-refractivity contribution in [1.82, 2.24) is 9.78 Å². The van der Waals surface area contributed by atoms with Gasteiger partial charge in [-0.3, -0.25) is 9.48 Å². The summed E-state index contributed by atoms with van der Waals surface area (Å²) in [6.07, 6.45) is 13.5. The Morgan fingerprint density at radius 2 is 1.97 bits per heavy atom. The lowest BCUT2D eigenvalue weighted by Gasteiger charge is -2.56. The van der Waals surface area contributed by atoms with Crippen molar-refractivity contribution in [3.05, 3.63) is 18.0 Å². The maximum absolute atomic E-state index is 13.3. The van der Waals surface area contributed by atoms with E-state index in [4.69, 9.17) is 5.26 Å². The SMILES string of the molecule is C[C@@]1(O)CCC2C(CCC3C2CC[C@]2(C)C(C(=O)Cn4cc(C#N)cn4)CCC32)C1. The van der Waals surface area contributed by atoms with E-state index in [-0.39, 0.29) is 11.3 Å². The lowest BCUT2D eigenvalue weighted by Crippen LogP contribution is -2.51. The molecule has 0 aromatic carbocycles. The first-order chi connectivity index (χ1) is 14.3. The van der Waals surface area contributed by atoms with Crippen molar-refractivity contribution in [2.45, 2.75) is 83.8 Å². The molecule has 1 N–H and O–H groups in total. The van der Waals surface area contributed by atoms with Crippen molar-refractivity contribution in [3.8, 4) is 6.07 Å². The predicted octanol–water partition coefficient (Wildman–Crippen LogP) is 4.34. The molecule has 4 fully saturated rings. The normalized spacial score (nSPS) is 45.1. The van der Waals surface area contributed by atoms with Crippen LogP contribution in [-0.2, 0) is 11.3 Å². The number of nitrogens with zero attached hydrogens (tertiary/aromatic N) is 3. The van der Waals surface area contributed by atoms with Crippen LogP contribution in [0.3, 0.4) is 0 Å². The monoisotopic (exact) mass is 409 g/mol. The Balaban J connectivity index is 1.30. The molecule has 5 nitrogen and oxygen atoms in total. The molecular formula is C25H35N3O2. The zero-order valence-electron chi connectivity index (χ0n) is 18.4. The lowest BCUT2D eigenvalue weighted by atomic mass is 9.49. The molecule has 0 aliphatic heterocycles. The largest absolute Gasteiger partial charge is 0.390 e. The van der Waals surface area contributed by atoms with E-state index in [0.29, 0.717) is 29.7 Å². The summed E-state index contributed by atoms with van der Waals surface area (Å²) in [5, 5.41) is 23.8. The fourth-order valence-electron chi connectivity index (χ4n) is 8.39. The number of carbonyl (C=O) groups is 1. The van der Waals surface area contributed by atoms with Gasteiger partial charge in [-0.2, -0.15) is 10.4 Å². The molecule has 0 spiro atoms. The molecule has 5 rings (SSSR count). The van der Waals surface area contributed by atoms with Gasteiger partial charge in [0.25, 0.3) is 0 Å². The molecule has 162 valence electrons. The standard InChI is InChI=1S/C25H35N3O2/c1-24(30)9-7-18-17(11-24)3-4-20-19(18)8-10-25(2)21(20)5-6-22(25)23(29)15-28-14-16(12-26)13-27-28/h13-14,17-22,30H,3-11,15H2,1-2H3/t17?,18?,19?,20?,21?,22?,24-,25+/m1/s1. The molecule has 5 heteroatoms. The van der Waals surface area contributed by atoms with Crippen LogP contribution in [0.5, 0.6) is 0 Å². The molecular weight excluding hydrogens is 374 g/mol. The minimum Gasteiger partial charge on any atom is -0.390 e. The number of fused-ring (bicyclic) bond motifs is 5. The van der Waals surface area contributed by atoms with Gasteiger partial charge < -0.3 is 5.11 Å². The number of hydrogen-bond acceptors (Lipinski definition) is 4. The first kappa shape index (κ1) is 20.2. The molecule has 30 heavy (non-hydrogen) atoms. The van der Waals surface area contributed by atoms with E-state index < -0.39 is 5.60 Å². The van der Waals surface area contributed by atoms with Crippen LogP contribution >= 0.6 is 0 Å². The summed E-state index contributed by atoms with van der Waals surface area (Å²) in [6.45, 7) is 4.72. The summed E-state index contributed by atoms with van der Waals surface area (Å²) in [5.41, 5.74) is 0.179. The van der Waals surface area contributed by atoms with Crippen molar-refractivity contribution in [2.24, 2.45) is 40.9 Å². The van der Waals surface area contributed by atoms with Gasteiger partial charge in [-0.15, -0.1) is 0 Å². The van der Waals surface area contributed by atoms with Crippen LogP contribution in [0.1, 0.15) is 77.2 Å². The molecule has 1 aromatic heterocycles. The highest BCUT2D eigenvalue weighted by Gasteiger charge is 2.58. The number of aromatic nitrogens is 2. The fourth-order valence-corrected chi connectivity index (χ4v) is 8.39. The van der Waals surface area contributed by atoms with Gasteiger partial charge in [0.2, 0.25) is 0 Å². The zero-order valence-corrected chi connectivity index (χ0v) is 18.4. The first-order valence-corrected chi connectivity index (χ1v) is 12.0. The highest BCUT2D eigenvalue weighted by Crippen LogP contribution is 2.64. The predicted molar refractivity (Wildman–Crippen MR) is 113 cm³/mol. The molecule has 1 aromatic rings. The summed E-state index contributed by atoms with van der Waals surface area (Å²) in [6, 6.07) is 2.09. The van der Waals surface area contributed by atoms with Crippen LogP contribution in [0.2, 0.25) is 0 Å². The molecule has 0 saturated heterocycles. The summed E-state index contributed by atoms with van der Waals surface area (Å²) in [4.78, 5) is 13.3. The van der Waals surface area contributed by atoms with E-state index in [1.54, 1.807) is 10.9 Å². The average Bonchev–Trinajstić information content (AvgIpc) is 3.30. The van der Waals surface area contributed by atoms with E-state index in [0.717, 1.165) is 43.4 Å². The van der Waals surface area contributed by atoms with Crippen LogP contribution in [0.25, 0.3) is 0 Å². The minimum atomic E-state index is -0.458. The molecule has 4 saturated carbocycles. The van der Waals surface area contributed by atoms with Crippen molar-refractivity contribution in [2.75, 3.05) is 0 Å². The van der Waals surface area contributed by atoms with Crippen LogP contribution in [0.15, 0.2) is 12.4 Å². The summed E-state index contributed by atoms with van der Waals surface area (Å²) < 4.78 is 1.64. The van der Waals surface area contributed by atoms with Gasteiger partial charge in [0.05, 0.1) is 23.9 Å². The highest BCUT2D eigenvalue weighted by molar-refractivity contribution is 5.82. The number of rotatable bonds is 3. The Kier molecular flexibility index (Phi) is 4.85. The van der Waals surface area contributed by atoms with E-state index in [1.807, 2.05) is 6.92 Å². The Morgan fingerprint density at radius 1 is 1.17 bits per heavy atom. The van der Waals surface area contributed by atoms with Gasteiger partial charge in [0.1, 0.15) is 6.07 Å². The van der Waals surface area contributed by atoms with Gasteiger partial charge >= 0.3 is 0 Å². The third-order valence-electron chi connectivity index (χ3n) is 9.71. The molecule has 0 radical (unpaired) electrons. The Hall–Kier alpha value is -1.67. The highest BCUT2D eigenvalue weighted by atomic mass is 16.3. The maximum Gasteiger partial charge on any atom is 0.157 e. The molecule has 0 bridgehead atoms. The van der Waals surface area contributed by atoms with Crippen molar-refractivity contribution in [3.63, 3.8) is 0 Å². The number of nitriles is 1. The van der Waals surface area contributed by atoms with Gasteiger partial charge in [0.15, 0.2) is 5.78 Å². The number of Topliss-reactive ketones (excluding diaryl/α,β-unsaturated/α-hetero) is 1. The van der Waals surface area contributed by atoms with Crippen LogP contribution in [0.4, 0.5) is 0 Å². The number of aliphatic hydroxyl groups is 1. The Labute approximate surface area is 179 Å². The van der Waals surface area contributed by atoms with Crippen molar-refractivity contribution < 1.29 is 9.90 Å². The van der Waals surface area contributed by atoms with Gasteiger partial charge in [-0.25, -0.2) is 0 Å². The molecule has 0 amide bonds. The maximum atomic E-state index is 13.3. The van der Waals surface area contributed by atoms with Crippen LogP contribution in [-0.4, -0.2) is 26.3 Å².